The number of rotatable bonds is 5. The number of hydrogen-bond acceptors (Lipinski definition) is 3. The van der Waals surface area contributed by atoms with Gasteiger partial charge in [-0.15, -0.1) is 0 Å². The summed E-state index contributed by atoms with van der Waals surface area (Å²) in [7, 11) is 0. The molecule has 0 heterocycles. The molecule has 0 spiro atoms. The Labute approximate surface area is 102 Å². The second kappa shape index (κ2) is 5.75. The lowest BCUT2D eigenvalue weighted by atomic mass is 9.88. The van der Waals surface area contributed by atoms with Crippen molar-refractivity contribution < 1.29 is 9.72 Å². The van der Waals surface area contributed by atoms with Crippen LogP contribution >= 0.6 is 15.9 Å². The van der Waals surface area contributed by atoms with Crippen LogP contribution in [-0.4, -0.2) is 17.8 Å². The van der Waals surface area contributed by atoms with E-state index in [1.54, 1.807) is 19.1 Å². The molecule has 0 amide bonds. The van der Waals surface area contributed by atoms with Gasteiger partial charge in [-0.25, -0.2) is 0 Å². The van der Waals surface area contributed by atoms with E-state index in [0.29, 0.717) is 0 Å². The van der Waals surface area contributed by atoms with Crippen molar-refractivity contribution in [3.05, 3.63) is 44.4 Å². The summed E-state index contributed by atoms with van der Waals surface area (Å²) >= 11 is 3.30. The lowest BCUT2D eigenvalue weighted by Gasteiger charge is -2.16. The second-order valence-electron chi connectivity index (χ2n) is 3.67. The minimum Gasteiger partial charge on any atom is -0.303 e. The molecule has 0 aliphatic carbocycles. The Kier molecular flexibility index (Phi) is 4.61. The van der Waals surface area contributed by atoms with Crippen molar-refractivity contribution in [2.24, 2.45) is 5.92 Å². The highest BCUT2D eigenvalue weighted by Crippen LogP contribution is 2.25. The molecule has 0 unspecified atom stereocenters. The molecule has 86 valence electrons. The van der Waals surface area contributed by atoms with Gasteiger partial charge in [-0.3, -0.25) is 10.1 Å². The van der Waals surface area contributed by atoms with Gasteiger partial charge in [-0.1, -0.05) is 35.0 Å². The van der Waals surface area contributed by atoms with Crippen LogP contribution in [-0.2, 0) is 4.79 Å². The van der Waals surface area contributed by atoms with Crippen LogP contribution in [0.3, 0.4) is 0 Å². The van der Waals surface area contributed by atoms with E-state index in [1.807, 2.05) is 12.1 Å². The summed E-state index contributed by atoms with van der Waals surface area (Å²) in [5.74, 6) is -0.716. The first kappa shape index (κ1) is 12.8. The third kappa shape index (κ3) is 3.41. The van der Waals surface area contributed by atoms with Crippen molar-refractivity contribution >= 4 is 22.2 Å². The van der Waals surface area contributed by atoms with E-state index in [-0.39, 0.29) is 23.3 Å². The third-order valence-electron chi connectivity index (χ3n) is 2.49. The molecule has 1 rings (SSSR count). The van der Waals surface area contributed by atoms with E-state index >= 15 is 0 Å². The molecular weight excluding hydrogens is 274 g/mol. The maximum Gasteiger partial charge on any atom is 0.211 e. The van der Waals surface area contributed by atoms with Gasteiger partial charge in [0.25, 0.3) is 0 Å². The van der Waals surface area contributed by atoms with Crippen LogP contribution in [0.15, 0.2) is 28.7 Å². The standard InChI is InChI=1S/C11H12BrNO3/c1-8(7-14)11(6-13(15)16)9-2-4-10(12)5-3-9/h2-5,7-8,11H,6H2,1H3/t8-,11-/m1/s1. The smallest absolute Gasteiger partial charge is 0.211 e. The molecule has 0 aliphatic rings. The van der Waals surface area contributed by atoms with Crippen LogP contribution in [0.5, 0.6) is 0 Å². The van der Waals surface area contributed by atoms with Crippen LogP contribution in [0.25, 0.3) is 0 Å². The average Bonchev–Trinajstić information content (AvgIpc) is 2.26. The highest BCUT2D eigenvalue weighted by Gasteiger charge is 2.24. The fourth-order valence-corrected chi connectivity index (χ4v) is 1.80. The molecule has 1 aromatic rings. The topological polar surface area (TPSA) is 60.2 Å². The zero-order valence-electron chi connectivity index (χ0n) is 8.80. The molecule has 0 aromatic heterocycles. The molecule has 5 heteroatoms. The van der Waals surface area contributed by atoms with E-state index in [0.717, 1.165) is 16.3 Å². The summed E-state index contributed by atoms with van der Waals surface area (Å²) in [6.45, 7) is 1.48. The molecular formula is C11H12BrNO3. The summed E-state index contributed by atoms with van der Waals surface area (Å²) in [4.78, 5) is 20.9. The Bertz CT molecular complexity index is 377. The van der Waals surface area contributed by atoms with Crippen molar-refractivity contribution in [2.45, 2.75) is 12.8 Å². The van der Waals surface area contributed by atoms with Crippen molar-refractivity contribution in [1.82, 2.24) is 0 Å². The van der Waals surface area contributed by atoms with Gasteiger partial charge in [0.15, 0.2) is 0 Å². The van der Waals surface area contributed by atoms with E-state index in [2.05, 4.69) is 15.9 Å². The van der Waals surface area contributed by atoms with E-state index in [9.17, 15) is 14.9 Å². The number of nitrogens with zero attached hydrogens (tertiary/aromatic N) is 1. The number of carbonyl (C=O) groups excluding carboxylic acids is 1. The molecule has 0 fully saturated rings. The zero-order chi connectivity index (χ0) is 12.1. The molecule has 2 atom stereocenters. The van der Waals surface area contributed by atoms with E-state index < -0.39 is 0 Å². The normalized spacial score (nSPS) is 14.1. The van der Waals surface area contributed by atoms with Crippen molar-refractivity contribution in [3.8, 4) is 0 Å². The van der Waals surface area contributed by atoms with E-state index in [4.69, 9.17) is 0 Å². The van der Waals surface area contributed by atoms with Crippen LogP contribution in [0.2, 0.25) is 0 Å². The minimum absolute atomic E-state index is 0.221. The van der Waals surface area contributed by atoms with Crippen LogP contribution in [0.4, 0.5) is 0 Å². The Hall–Kier alpha value is -1.23. The van der Waals surface area contributed by atoms with Gasteiger partial charge in [0, 0.05) is 15.3 Å². The number of nitro groups is 1. The second-order valence-corrected chi connectivity index (χ2v) is 4.58. The Morgan fingerprint density at radius 1 is 1.44 bits per heavy atom. The number of aldehydes is 1. The quantitative estimate of drug-likeness (QED) is 0.475. The number of benzene rings is 1. The van der Waals surface area contributed by atoms with Crippen LogP contribution in [0, 0.1) is 16.0 Å². The number of hydrogen-bond donors (Lipinski definition) is 0. The van der Waals surface area contributed by atoms with Crippen molar-refractivity contribution in [2.75, 3.05) is 6.54 Å². The van der Waals surface area contributed by atoms with Crippen LogP contribution < -0.4 is 0 Å². The van der Waals surface area contributed by atoms with Crippen molar-refractivity contribution in [1.29, 1.82) is 0 Å². The van der Waals surface area contributed by atoms with Gasteiger partial charge in [0.05, 0.1) is 5.92 Å². The highest BCUT2D eigenvalue weighted by molar-refractivity contribution is 9.10. The maximum absolute atomic E-state index is 10.7. The third-order valence-corrected chi connectivity index (χ3v) is 3.02. The maximum atomic E-state index is 10.7. The predicted octanol–water partition coefficient (Wildman–Crippen LogP) is 2.64. The summed E-state index contributed by atoms with van der Waals surface area (Å²) in [5.41, 5.74) is 0.819. The molecule has 0 aliphatic heterocycles. The fourth-order valence-electron chi connectivity index (χ4n) is 1.54. The van der Waals surface area contributed by atoms with Gasteiger partial charge in [0.1, 0.15) is 6.29 Å². The lowest BCUT2D eigenvalue weighted by molar-refractivity contribution is -0.484. The highest BCUT2D eigenvalue weighted by atomic mass is 79.9. The van der Waals surface area contributed by atoms with Gasteiger partial charge in [-0.05, 0) is 17.7 Å². The average molecular weight is 286 g/mol. The molecule has 16 heavy (non-hydrogen) atoms. The SMILES string of the molecule is C[C@H](C=O)[C@@H](C[N+](=O)[O-])c1ccc(Br)cc1. The molecule has 4 nitrogen and oxygen atoms in total. The molecule has 0 saturated carbocycles. The first-order valence-electron chi connectivity index (χ1n) is 4.87. The van der Waals surface area contributed by atoms with Gasteiger partial charge in [0.2, 0.25) is 6.54 Å². The Morgan fingerprint density at radius 2 is 2.00 bits per heavy atom. The summed E-state index contributed by atoms with van der Waals surface area (Å²) in [6, 6.07) is 7.25. The first-order chi connectivity index (χ1) is 7.54. The predicted molar refractivity (Wildman–Crippen MR) is 64.0 cm³/mol. The summed E-state index contributed by atoms with van der Waals surface area (Å²) in [6.07, 6.45) is 0.760. The van der Waals surface area contributed by atoms with Crippen LogP contribution in [0.1, 0.15) is 18.4 Å². The van der Waals surface area contributed by atoms with Gasteiger partial charge >= 0.3 is 0 Å². The summed E-state index contributed by atoms with van der Waals surface area (Å²) < 4.78 is 0.912. The molecule has 0 N–H and O–H groups in total. The van der Waals surface area contributed by atoms with Crippen molar-refractivity contribution in [3.63, 3.8) is 0 Å². The van der Waals surface area contributed by atoms with E-state index in [1.165, 1.54) is 0 Å². The fraction of sp³-hybridized carbons (Fsp3) is 0.364. The molecule has 0 saturated heterocycles. The molecule has 0 radical (unpaired) electrons. The number of carbonyl (C=O) groups is 1. The van der Waals surface area contributed by atoms with Gasteiger partial charge in [-0.2, -0.15) is 0 Å². The monoisotopic (exact) mass is 285 g/mol. The summed E-state index contributed by atoms with van der Waals surface area (Å²) in [5, 5.41) is 10.6. The lowest BCUT2D eigenvalue weighted by Crippen LogP contribution is -2.20. The largest absolute Gasteiger partial charge is 0.303 e. The number of halogens is 1. The first-order valence-corrected chi connectivity index (χ1v) is 5.66. The van der Waals surface area contributed by atoms with Gasteiger partial charge < -0.3 is 4.79 Å². The Balaban J connectivity index is 2.95. The zero-order valence-corrected chi connectivity index (χ0v) is 10.4. The minimum atomic E-state index is -0.382. The Morgan fingerprint density at radius 3 is 2.44 bits per heavy atom. The molecule has 0 bridgehead atoms. The molecule has 1 aromatic carbocycles.